The summed E-state index contributed by atoms with van der Waals surface area (Å²) in [6.45, 7) is 0. The zero-order chi connectivity index (χ0) is 17.6. The molecule has 1 heterocycles. The van der Waals surface area contributed by atoms with Crippen LogP contribution in [0.5, 0.6) is 0 Å². The molecule has 6 heteroatoms. The second-order valence-corrected chi connectivity index (χ2v) is 5.37. The highest BCUT2D eigenvalue weighted by atomic mass is 19.1. The average Bonchev–Trinajstić information content (AvgIpc) is 3.10. The number of hydrogen-bond donors (Lipinski definition) is 1. The molecule has 0 saturated heterocycles. The maximum Gasteiger partial charge on any atom is 0.224 e. The number of anilines is 1. The molecule has 0 fully saturated rings. The Bertz CT molecular complexity index is 926. The molecule has 0 radical (unpaired) electrons. The number of nitrogens with one attached hydrogen (secondary N) is 1. The summed E-state index contributed by atoms with van der Waals surface area (Å²) in [7, 11) is 0. The molecule has 0 spiro atoms. The lowest BCUT2D eigenvalue weighted by atomic mass is 10.2. The van der Waals surface area contributed by atoms with Gasteiger partial charge in [-0.25, -0.2) is 9.37 Å². The Balaban J connectivity index is 1.57. The van der Waals surface area contributed by atoms with E-state index in [1.807, 2.05) is 6.07 Å². The first-order valence-electron chi connectivity index (χ1n) is 7.65. The van der Waals surface area contributed by atoms with Crippen molar-refractivity contribution in [3.8, 4) is 17.4 Å². The molecule has 1 amide bonds. The summed E-state index contributed by atoms with van der Waals surface area (Å²) in [5, 5.41) is 11.6. The van der Waals surface area contributed by atoms with E-state index in [0.29, 0.717) is 29.3 Å². The van der Waals surface area contributed by atoms with Crippen LogP contribution in [0.25, 0.3) is 11.3 Å². The van der Waals surface area contributed by atoms with E-state index >= 15 is 0 Å². The second kappa shape index (κ2) is 7.41. The zero-order valence-corrected chi connectivity index (χ0v) is 13.2. The SMILES string of the molecule is N#Cc1cccc(NC(=O)CCc2ncc(-c3ccc(F)cc3)o2)c1. The van der Waals surface area contributed by atoms with E-state index in [-0.39, 0.29) is 18.1 Å². The van der Waals surface area contributed by atoms with Crippen LogP contribution in [-0.4, -0.2) is 10.9 Å². The first-order chi connectivity index (χ1) is 12.1. The van der Waals surface area contributed by atoms with Crippen LogP contribution < -0.4 is 5.32 Å². The van der Waals surface area contributed by atoms with Gasteiger partial charge in [-0.3, -0.25) is 4.79 Å². The van der Waals surface area contributed by atoms with Crippen molar-refractivity contribution in [2.45, 2.75) is 12.8 Å². The molecule has 0 unspecified atom stereocenters. The highest BCUT2D eigenvalue weighted by Gasteiger charge is 2.09. The highest BCUT2D eigenvalue weighted by molar-refractivity contribution is 5.90. The first-order valence-corrected chi connectivity index (χ1v) is 7.65. The van der Waals surface area contributed by atoms with Gasteiger partial charge in [0.15, 0.2) is 11.7 Å². The summed E-state index contributed by atoms with van der Waals surface area (Å²) >= 11 is 0. The van der Waals surface area contributed by atoms with Gasteiger partial charge in [0.05, 0.1) is 17.8 Å². The maximum atomic E-state index is 12.9. The third-order valence-electron chi connectivity index (χ3n) is 3.52. The molecule has 0 aliphatic rings. The first kappa shape index (κ1) is 16.4. The normalized spacial score (nSPS) is 10.2. The lowest BCUT2D eigenvalue weighted by molar-refractivity contribution is -0.116. The molecular formula is C19H14FN3O2. The molecule has 0 aliphatic carbocycles. The van der Waals surface area contributed by atoms with E-state index in [2.05, 4.69) is 10.3 Å². The van der Waals surface area contributed by atoms with E-state index < -0.39 is 0 Å². The van der Waals surface area contributed by atoms with Gasteiger partial charge < -0.3 is 9.73 Å². The van der Waals surface area contributed by atoms with Crippen molar-refractivity contribution in [1.29, 1.82) is 5.26 Å². The summed E-state index contributed by atoms with van der Waals surface area (Å²) in [4.78, 5) is 16.1. The summed E-state index contributed by atoms with van der Waals surface area (Å²) < 4.78 is 18.5. The van der Waals surface area contributed by atoms with Crippen molar-refractivity contribution in [2.75, 3.05) is 5.32 Å². The van der Waals surface area contributed by atoms with Crippen LogP contribution in [0.3, 0.4) is 0 Å². The van der Waals surface area contributed by atoms with Crippen molar-refractivity contribution >= 4 is 11.6 Å². The van der Waals surface area contributed by atoms with Gasteiger partial charge in [0.25, 0.3) is 0 Å². The standard InChI is InChI=1S/C19H14FN3O2/c20-15-6-4-14(5-7-15)17-12-22-19(25-17)9-8-18(24)23-16-3-1-2-13(10-16)11-21/h1-7,10,12H,8-9H2,(H,23,24). The number of oxazole rings is 1. The van der Waals surface area contributed by atoms with Crippen LogP contribution in [-0.2, 0) is 11.2 Å². The predicted molar refractivity (Wildman–Crippen MR) is 90.0 cm³/mol. The predicted octanol–water partition coefficient (Wildman–Crippen LogP) is 3.92. The summed E-state index contributed by atoms with van der Waals surface area (Å²) in [6.07, 6.45) is 2.09. The van der Waals surface area contributed by atoms with Gasteiger partial charge in [0, 0.05) is 24.1 Å². The number of halogens is 1. The fourth-order valence-corrected chi connectivity index (χ4v) is 2.28. The number of carbonyl (C=O) groups excluding carboxylic acids is 1. The van der Waals surface area contributed by atoms with E-state index in [1.54, 1.807) is 42.6 Å². The zero-order valence-electron chi connectivity index (χ0n) is 13.2. The monoisotopic (exact) mass is 335 g/mol. The van der Waals surface area contributed by atoms with Crippen LogP contribution in [0.4, 0.5) is 10.1 Å². The molecule has 2 aromatic carbocycles. The maximum absolute atomic E-state index is 12.9. The minimum Gasteiger partial charge on any atom is -0.441 e. The third-order valence-corrected chi connectivity index (χ3v) is 3.52. The average molecular weight is 335 g/mol. The van der Waals surface area contributed by atoms with E-state index in [1.165, 1.54) is 12.1 Å². The lowest BCUT2D eigenvalue weighted by Crippen LogP contribution is -2.12. The van der Waals surface area contributed by atoms with Gasteiger partial charge in [-0.2, -0.15) is 5.26 Å². The van der Waals surface area contributed by atoms with E-state index in [9.17, 15) is 9.18 Å². The minimum atomic E-state index is -0.319. The topological polar surface area (TPSA) is 78.9 Å². The van der Waals surface area contributed by atoms with Gasteiger partial charge in [0.2, 0.25) is 5.91 Å². The summed E-state index contributed by atoms with van der Waals surface area (Å²) in [5.74, 6) is 0.439. The lowest BCUT2D eigenvalue weighted by Gasteiger charge is -2.04. The molecule has 1 aromatic heterocycles. The Hall–Kier alpha value is -3.46. The fraction of sp³-hybridized carbons (Fsp3) is 0.105. The molecule has 5 nitrogen and oxygen atoms in total. The summed E-state index contributed by atoms with van der Waals surface area (Å²) in [5.41, 5.74) is 1.77. The number of nitrogens with zero attached hydrogens (tertiary/aromatic N) is 2. The number of nitriles is 1. The molecular weight excluding hydrogens is 321 g/mol. The van der Waals surface area contributed by atoms with E-state index in [4.69, 9.17) is 9.68 Å². The molecule has 1 N–H and O–H groups in total. The Morgan fingerprint density at radius 2 is 2.04 bits per heavy atom. The second-order valence-electron chi connectivity index (χ2n) is 5.37. The molecule has 3 aromatic rings. The van der Waals surface area contributed by atoms with Crippen molar-refractivity contribution < 1.29 is 13.6 Å². The van der Waals surface area contributed by atoms with Gasteiger partial charge in [-0.15, -0.1) is 0 Å². The molecule has 0 bridgehead atoms. The molecule has 3 rings (SSSR count). The van der Waals surface area contributed by atoms with Gasteiger partial charge >= 0.3 is 0 Å². The molecule has 124 valence electrons. The molecule has 25 heavy (non-hydrogen) atoms. The largest absolute Gasteiger partial charge is 0.441 e. The number of hydrogen-bond acceptors (Lipinski definition) is 4. The van der Waals surface area contributed by atoms with Crippen LogP contribution in [0, 0.1) is 17.1 Å². The van der Waals surface area contributed by atoms with Crippen molar-refractivity contribution in [2.24, 2.45) is 0 Å². The quantitative estimate of drug-likeness (QED) is 0.766. The number of aryl methyl sites for hydroxylation is 1. The number of benzene rings is 2. The molecule has 0 saturated carbocycles. The third kappa shape index (κ3) is 4.30. The highest BCUT2D eigenvalue weighted by Crippen LogP contribution is 2.21. The van der Waals surface area contributed by atoms with Crippen LogP contribution >= 0.6 is 0 Å². The minimum absolute atomic E-state index is 0.195. The van der Waals surface area contributed by atoms with E-state index in [0.717, 1.165) is 5.56 Å². The van der Waals surface area contributed by atoms with Crippen molar-refractivity contribution in [3.63, 3.8) is 0 Å². The Morgan fingerprint density at radius 3 is 2.80 bits per heavy atom. The molecule has 0 atom stereocenters. The number of amides is 1. The van der Waals surface area contributed by atoms with Gasteiger partial charge in [-0.05, 0) is 42.5 Å². The number of aromatic nitrogens is 1. The van der Waals surface area contributed by atoms with Crippen LogP contribution in [0.15, 0.2) is 59.1 Å². The van der Waals surface area contributed by atoms with Crippen LogP contribution in [0.1, 0.15) is 17.9 Å². The summed E-state index contributed by atoms with van der Waals surface area (Å²) in [6, 6.07) is 14.6. The fourth-order valence-electron chi connectivity index (χ4n) is 2.28. The number of carbonyl (C=O) groups is 1. The van der Waals surface area contributed by atoms with Crippen molar-refractivity contribution in [1.82, 2.24) is 4.98 Å². The number of rotatable bonds is 5. The van der Waals surface area contributed by atoms with Gasteiger partial charge in [-0.1, -0.05) is 6.07 Å². The Labute approximate surface area is 143 Å². The Morgan fingerprint density at radius 1 is 1.24 bits per heavy atom. The van der Waals surface area contributed by atoms with Crippen molar-refractivity contribution in [3.05, 3.63) is 72.0 Å². The molecule has 0 aliphatic heterocycles. The van der Waals surface area contributed by atoms with Gasteiger partial charge in [0.1, 0.15) is 5.82 Å². The smallest absolute Gasteiger partial charge is 0.224 e. The Kier molecular flexibility index (Phi) is 4.86. The van der Waals surface area contributed by atoms with Crippen LogP contribution in [0.2, 0.25) is 0 Å².